The van der Waals surface area contributed by atoms with Crippen LogP contribution in [0.2, 0.25) is 0 Å². The number of phenols is 1. The number of hydrogen-bond donors (Lipinski definition) is 1. The molecule has 150 valence electrons. The van der Waals surface area contributed by atoms with Crippen molar-refractivity contribution in [3.63, 3.8) is 0 Å². The Kier molecular flexibility index (Phi) is 6.89. The van der Waals surface area contributed by atoms with Crippen LogP contribution in [0.3, 0.4) is 0 Å². The molecule has 0 amide bonds. The Bertz CT molecular complexity index is 720. The third-order valence-corrected chi connectivity index (χ3v) is 8.06. The van der Waals surface area contributed by atoms with Gasteiger partial charge in [0.1, 0.15) is 11.5 Å². The molecule has 0 spiro atoms. The number of carbonyl (C=O) groups excluding carboxylic acids is 1. The molecule has 1 aromatic carbocycles. The summed E-state index contributed by atoms with van der Waals surface area (Å²) in [5.41, 5.74) is 3.58. The summed E-state index contributed by atoms with van der Waals surface area (Å²) < 4.78 is 0. The van der Waals surface area contributed by atoms with Gasteiger partial charge in [0.25, 0.3) is 0 Å². The second-order valence-corrected chi connectivity index (χ2v) is 10.3. The topological polar surface area (TPSA) is 37.3 Å². The zero-order valence-electron chi connectivity index (χ0n) is 18.1. The van der Waals surface area contributed by atoms with Gasteiger partial charge in [0, 0.05) is 22.5 Å². The molecule has 0 saturated heterocycles. The van der Waals surface area contributed by atoms with Crippen LogP contribution < -0.4 is 0 Å². The van der Waals surface area contributed by atoms with Crippen molar-refractivity contribution in [3.05, 3.63) is 39.8 Å². The molecule has 1 aliphatic rings. The smallest absolute Gasteiger partial charge is 0.138 e. The Morgan fingerprint density at radius 3 is 2.33 bits per heavy atom. The molecule has 0 fully saturated rings. The fourth-order valence-corrected chi connectivity index (χ4v) is 6.03. The third kappa shape index (κ3) is 4.62. The highest BCUT2D eigenvalue weighted by molar-refractivity contribution is 8.04. The van der Waals surface area contributed by atoms with E-state index in [2.05, 4.69) is 32.9 Å². The molecule has 0 aliphatic carbocycles. The van der Waals surface area contributed by atoms with Crippen molar-refractivity contribution < 1.29 is 9.90 Å². The second kappa shape index (κ2) is 8.43. The lowest BCUT2D eigenvalue weighted by Crippen LogP contribution is -2.35. The van der Waals surface area contributed by atoms with Crippen LogP contribution in [0.25, 0.3) is 0 Å². The fraction of sp³-hybridized carbons (Fsp3) is 0.625. The Morgan fingerprint density at radius 1 is 1.19 bits per heavy atom. The molecule has 1 N–H and O–H groups in total. The number of aromatic hydroxyl groups is 1. The Hall–Kier alpha value is -1.22. The molecule has 1 unspecified atom stereocenters. The zero-order valence-corrected chi connectivity index (χ0v) is 18.9. The molecule has 0 radical (unpaired) electrons. The minimum Gasteiger partial charge on any atom is -0.508 e. The molecule has 3 heteroatoms. The summed E-state index contributed by atoms with van der Waals surface area (Å²) in [7, 11) is 0. The molecule has 0 bridgehead atoms. The Balaban J connectivity index is 2.21. The van der Waals surface area contributed by atoms with E-state index in [4.69, 9.17) is 0 Å². The summed E-state index contributed by atoms with van der Waals surface area (Å²) in [5, 5.41) is 10.4. The highest BCUT2D eigenvalue weighted by atomic mass is 32.2. The van der Waals surface area contributed by atoms with Crippen molar-refractivity contribution in [2.24, 2.45) is 5.41 Å². The average Bonchev–Trinajstić information content (AvgIpc) is 2.97. The van der Waals surface area contributed by atoms with Gasteiger partial charge in [-0.25, -0.2) is 0 Å². The standard InChI is InChI=1S/C24H36O2S/c1-8-24(9-2,18-10-11-19(25)16(3)14-18)22-15-17(4)20(27-22)12-13-21(26)23(5,6)7/h10-11,14,22,25H,8-9,12-13,15H2,1-7H3. The van der Waals surface area contributed by atoms with Crippen LogP contribution in [-0.4, -0.2) is 16.1 Å². The first-order valence-electron chi connectivity index (χ1n) is 10.2. The lowest BCUT2D eigenvalue weighted by atomic mass is 9.71. The van der Waals surface area contributed by atoms with E-state index >= 15 is 0 Å². The Labute approximate surface area is 169 Å². The third-order valence-electron chi connectivity index (χ3n) is 6.32. The lowest BCUT2D eigenvalue weighted by molar-refractivity contribution is -0.126. The quantitative estimate of drug-likeness (QED) is 0.550. The maximum atomic E-state index is 12.4. The van der Waals surface area contributed by atoms with Gasteiger partial charge in [0.2, 0.25) is 0 Å². The van der Waals surface area contributed by atoms with Crippen molar-refractivity contribution >= 4 is 17.5 Å². The van der Waals surface area contributed by atoms with Gasteiger partial charge in [-0.15, -0.1) is 11.8 Å². The first-order valence-corrected chi connectivity index (χ1v) is 11.1. The molecule has 1 aromatic rings. The summed E-state index contributed by atoms with van der Waals surface area (Å²) in [5.74, 6) is 0.716. The zero-order chi connectivity index (χ0) is 20.4. The van der Waals surface area contributed by atoms with Crippen LogP contribution in [0.15, 0.2) is 28.7 Å². The van der Waals surface area contributed by atoms with Crippen LogP contribution in [-0.2, 0) is 10.2 Å². The van der Waals surface area contributed by atoms with E-state index in [1.807, 2.05) is 45.5 Å². The summed E-state index contributed by atoms with van der Waals surface area (Å²) >= 11 is 2.00. The first-order chi connectivity index (χ1) is 12.5. The second-order valence-electron chi connectivity index (χ2n) is 9.05. The van der Waals surface area contributed by atoms with Crippen molar-refractivity contribution in [1.82, 2.24) is 0 Å². The molecule has 27 heavy (non-hydrogen) atoms. The van der Waals surface area contributed by atoms with Gasteiger partial charge in [-0.1, -0.05) is 52.3 Å². The lowest BCUT2D eigenvalue weighted by Gasteiger charge is -2.38. The number of phenolic OH excluding ortho intramolecular Hbond substituents is 1. The van der Waals surface area contributed by atoms with Crippen LogP contribution >= 0.6 is 11.8 Å². The molecule has 2 rings (SSSR count). The van der Waals surface area contributed by atoms with E-state index in [0.29, 0.717) is 23.2 Å². The minimum atomic E-state index is -0.253. The van der Waals surface area contributed by atoms with Crippen molar-refractivity contribution in [1.29, 1.82) is 0 Å². The number of ketones is 1. The summed E-state index contributed by atoms with van der Waals surface area (Å²) in [6.45, 7) is 14.8. The number of thioether (sulfide) groups is 1. The van der Waals surface area contributed by atoms with Gasteiger partial charge in [0.05, 0.1) is 0 Å². The minimum absolute atomic E-state index is 0.0974. The van der Waals surface area contributed by atoms with Gasteiger partial charge in [0.15, 0.2) is 0 Å². The number of hydrogen-bond acceptors (Lipinski definition) is 3. The number of carbonyl (C=O) groups is 1. The molecule has 0 saturated carbocycles. The van der Waals surface area contributed by atoms with Crippen LogP contribution in [0.1, 0.15) is 84.8 Å². The monoisotopic (exact) mass is 388 g/mol. The van der Waals surface area contributed by atoms with Gasteiger partial charge < -0.3 is 5.11 Å². The maximum absolute atomic E-state index is 12.4. The van der Waals surface area contributed by atoms with Crippen molar-refractivity contribution in [2.45, 2.75) is 91.2 Å². The van der Waals surface area contributed by atoms with Gasteiger partial charge in [-0.05, 0) is 61.6 Å². The summed E-state index contributed by atoms with van der Waals surface area (Å²) in [6, 6.07) is 6.11. The molecular weight excluding hydrogens is 352 g/mol. The number of allylic oxidation sites excluding steroid dienone is 2. The molecule has 1 heterocycles. The van der Waals surface area contributed by atoms with Crippen LogP contribution in [0.5, 0.6) is 5.75 Å². The first kappa shape index (κ1) is 22.1. The molecular formula is C24H36O2S. The van der Waals surface area contributed by atoms with E-state index in [1.54, 1.807) is 0 Å². The van der Waals surface area contributed by atoms with Gasteiger partial charge >= 0.3 is 0 Å². The normalized spacial score (nSPS) is 18.3. The number of benzene rings is 1. The number of Topliss-reactive ketones (excluding diaryl/α,β-unsaturated/α-hetero) is 1. The van der Waals surface area contributed by atoms with Gasteiger partial charge in [-0.2, -0.15) is 0 Å². The van der Waals surface area contributed by atoms with E-state index in [0.717, 1.165) is 31.2 Å². The van der Waals surface area contributed by atoms with E-state index in [-0.39, 0.29) is 10.8 Å². The summed E-state index contributed by atoms with van der Waals surface area (Å²) in [6.07, 6.45) is 4.76. The maximum Gasteiger partial charge on any atom is 0.138 e. The van der Waals surface area contributed by atoms with Crippen molar-refractivity contribution in [2.75, 3.05) is 0 Å². The number of rotatable bonds is 7. The molecule has 1 atom stereocenters. The predicted molar refractivity (Wildman–Crippen MR) is 117 cm³/mol. The molecule has 2 nitrogen and oxygen atoms in total. The number of aryl methyl sites for hydroxylation is 1. The van der Waals surface area contributed by atoms with E-state index in [9.17, 15) is 9.90 Å². The average molecular weight is 389 g/mol. The molecule has 1 aliphatic heterocycles. The van der Waals surface area contributed by atoms with Crippen LogP contribution in [0, 0.1) is 12.3 Å². The summed E-state index contributed by atoms with van der Waals surface area (Å²) in [4.78, 5) is 13.8. The largest absolute Gasteiger partial charge is 0.508 e. The fourth-order valence-electron chi connectivity index (χ4n) is 4.15. The highest BCUT2D eigenvalue weighted by Gasteiger charge is 2.41. The van der Waals surface area contributed by atoms with E-state index in [1.165, 1.54) is 16.0 Å². The van der Waals surface area contributed by atoms with Crippen LogP contribution in [0.4, 0.5) is 0 Å². The Morgan fingerprint density at radius 2 is 1.81 bits per heavy atom. The van der Waals surface area contributed by atoms with E-state index < -0.39 is 0 Å². The van der Waals surface area contributed by atoms with Gasteiger partial charge in [-0.3, -0.25) is 4.79 Å². The predicted octanol–water partition coefficient (Wildman–Crippen LogP) is 6.93. The highest BCUT2D eigenvalue weighted by Crippen LogP contribution is 2.52. The molecule has 0 aromatic heterocycles. The SMILES string of the molecule is CCC(CC)(c1ccc(O)c(C)c1)C1CC(C)=C(CCC(=O)C(C)(C)C)S1. The van der Waals surface area contributed by atoms with Crippen molar-refractivity contribution in [3.8, 4) is 5.75 Å².